The van der Waals surface area contributed by atoms with Crippen LogP contribution in [0.3, 0.4) is 0 Å². The SMILES string of the molecule is COc1ccc(F)cc1CCN(C)C(C)(C)CCN. The number of nitrogens with two attached hydrogens (primary N) is 1. The van der Waals surface area contributed by atoms with Crippen molar-refractivity contribution in [3.05, 3.63) is 29.6 Å². The summed E-state index contributed by atoms with van der Waals surface area (Å²) in [5.41, 5.74) is 6.58. The van der Waals surface area contributed by atoms with Gasteiger partial charge in [-0.3, -0.25) is 0 Å². The Bertz CT molecular complexity index is 407. The molecule has 19 heavy (non-hydrogen) atoms. The second-order valence-electron chi connectivity index (χ2n) is 5.48. The lowest BCUT2D eigenvalue weighted by Crippen LogP contribution is -2.43. The molecule has 0 fully saturated rings. The molecule has 0 saturated carbocycles. The summed E-state index contributed by atoms with van der Waals surface area (Å²) in [4.78, 5) is 2.25. The summed E-state index contributed by atoms with van der Waals surface area (Å²) < 4.78 is 18.5. The van der Waals surface area contributed by atoms with Gasteiger partial charge in [-0.15, -0.1) is 0 Å². The summed E-state index contributed by atoms with van der Waals surface area (Å²) in [7, 11) is 3.68. The van der Waals surface area contributed by atoms with Gasteiger partial charge in [0.25, 0.3) is 0 Å². The van der Waals surface area contributed by atoms with E-state index in [1.54, 1.807) is 19.2 Å². The normalized spacial score (nSPS) is 11.9. The van der Waals surface area contributed by atoms with Gasteiger partial charge in [0, 0.05) is 12.1 Å². The van der Waals surface area contributed by atoms with Crippen LogP contribution >= 0.6 is 0 Å². The number of hydrogen-bond donors (Lipinski definition) is 1. The first kappa shape index (κ1) is 15.9. The molecule has 108 valence electrons. The fourth-order valence-electron chi connectivity index (χ4n) is 2.08. The summed E-state index contributed by atoms with van der Waals surface area (Å²) >= 11 is 0. The Kier molecular flexibility index (Phi) is 5.76. The summed E-state index contributed by atoms with van der Waals surface area (Å²) in [5, 5.41) is 0. The molecule has 0 saturated heterocycles. The predicted octanol–water partition coefficient (Wildman–Crippen LogP) is 2.44. The molecule has 0 bridgehead atoms. The third-order valence-electron chi connectivity index (χ3n) is 3.75. The molecule has 0 heterocycles. The van der Waals surface area contributed by atoms with Gasteiger partial charge in [-0.1, -0.05) is 0 Å². The molecule has 1 rings (SSSR count). The standard InChI is InChI=1S/C15H25FN2O/c1-15(2,8-9-17)18(3)10-7-12-11-13(16)5-6-14(12)19-4/h5-6,11H,7-10,17H2,1-4H3. The highest BCUT2D eigenvalue weighted by Gasteiger charge is 2.22. The molecule has 1 aromatic carbocycles. The first-order valence-corrected chi connectivity index (χ1v) is 6.64. The van der Waals surface area contributed by atoms with E-state index in [2.05, 4.69) is 25.8 Å². The molecular weight excluding hydrogens is 243 g/mol. The van der Waals surface area contributed by atoms with Crippen molar-refractivity contribution in [3.8, 4) is 5.75 Å². The van der Waals surface area contributed by atoms with Crippen LogP contribution in [0.15, 0.2) is 18.2 Å². The molecule has 0 amide bonds. The van der Waals surface area contributed by atoms with E-state index in [0.29, 0.717) is 6.54 Å². The monoisotopic (exact) mass is 268 g/mol. The predicted molar refractivity (Wildman–Crippen MR) is 77.0 cm³/mol. The van der Waals surface area contributed by atoms with Crippen LogP contribution in [-0.2, 0) is 6.42 Å². The number of benzene rings is 1. The van der Waals surface area contributed by atoms with Crippen LogP contribution in [0.1, 0.15) is 25.8 Å². The Morgan fingerprint density at radius 3 is 2.63 bits per heavy atom. The summed E-state index contributed by atoms with van der Waals surface area (Å²) in [5.74, 6) is 0.520. The van der Waals surface area contributed by atoms with Gasteiger partial charge in [0.2, 0.25) is 0 Å². The number of methoxy groups -OCH3 is 1. The highest BCUT2D eigenvalue weighted by Crippen LogP contribution is 2.22. The maximum Gasteiger partial charge on any atom is 0.123 e. The second-order valence-corrected chi connectivity index (χ2v) is 5.48. The topological polar surface area (TPSA) is 38.5 Å². The van der Waals surface area contributed by atoms with Crippen LogP contribution in [0.2, 0.25) is 0 Å². The molecule has 1 aromatic rings. The highest BCUT2D eigenvalue weighted by molar-refractivity contribution is 5.34. The minimum absolute atomic E-state index is 0.0509. The zero-order valence-corrected chi connectivity index (χ0v) is 12.4. The molecule has 0 radical (unpaired) electrons. The van der Waals surface area contributed by atoms with Crippen molar-refractivity contribution in [2.24, 2.45) is 5.73 Å². The van der Waals surface area contributed by atoms with Crippen LogP contribution in [0.5, 0.6) is 5.75 Å². The Labute approximate surface area is 115 Å². The van der Waals surface area contributed by atoms with Gasteiger partial charge >= 0.3 is 0 Å². The van der Waals surface area contributed by atoms with E-state index in [0.717, 1.165) is 30.7 Å². The Balaban J connectivity index is 2.68. The molecule has 0 unspecified atom stereocenters. The zero-order chi connectivity index (χ0) is 14.5. The average Bonchev–Trinajstić information content (AvgIpc) is 2.36. The number of likely N-dealkylation sites (N-methyl/N-ethyl adjacent to an activating group) is 1. The van der Waals surface area contributed by atoms with Gasteiger partial charge in [0.1, 0.15) is 11.6 Å². The van der Waals surface area contributed by atoms with Crippen molar-refractivity contribution in [3.63, 3.8) is 0 Å². The first-order valence-electron chi connectivity index (χ1n) is 6.64. The smallest absolute Gasteiger partial charge is 0.123 e. The largest absolute Gasteiger partial charge is 0.496 e. The van der Waals surface area contributed by atoms with Gasteiger partial charge < -0.3 is 15.4 Å². The maximum atomic E-state index is 13.3. The van der Waals surface area contributed by atoms with Gasteiger partial charge in [-0.2, -0.15) is 0 Å². The Morgan fingerprint density at radius 2 is 2.05 bits per heavy atom. The molecule has 0 spiro atoms. The number of rotatable bonds is 7. The van der Waals surface area contributed by atoms with E-state index in [4.69, 9.17) is 10.5 Å². The minimum atomic E-state index is -0.223. The van der Waals surface area contributed by atoms with Crippen LogP contribution in [-0.4, -0.2) is 37.7 Å². The van der Waals surface area contributed by atoms with E-state index in [1.807, 2.05) is 0 Å². The van der Waals surface area contributed by atoms with Crippen molar-refractivity contribution < 1.29 is 9.13 Å². The van der Waals surface area contributed by atoms with E-state index >= 15 is 0 Å². The molecule has 3 nitrogen and oxygen atoms in total. The fraction of sp³-hybridized carbons (Fsp3) is 0.600. The number of hydrogen-bond acceptors (Lipinski definition) is 3. The van der Waals surface area contributed by atoms with Crippen LogP contribution in [0.4, 0.5) is 4.39 Å². The average molecular weight is 268 g/mol. The van der Waals surface area contributed by atoms with E-state index < -0.39 is 0 Å². The van der Waals surface area contributed by atoms with Crippen LogP contribution in [0.25, 0.3) is 0 Å². The second kappa shape index (κ2) is 6.87. The molecule has 0 aliphatic heterocycles. The van der Waals surface area contributed by atoms with Crippen molar-refractivity contribution in [2.75, 3.05) is 27.2 Å². The van der Waals surface area contributed by atoms with Crippen LogP contribution in [0, 0.1) is 5.82 Å². The first-order chi connectivity index (χ1) is 8.90. The van der Waals surface area contributed by atoms with Crippen LogP contribution < -0.4 is 10.5 Å². The lowest BCUT2D eigenvalue weighted by atomic mass is 9.98. The van der Waals surface area contributed by atoms with Gasteiger partial charge in [-0.05, 0) is 64.0 Å². The number of nitrogens with zero attached hydrogens (tertiary/aromatic N) is 1. The third kappa shape index (κ3) is 4.48. The summed E-state index contributed by atoms with van der Waals surface area (Å²) in [6.45, 7) is 5.85. The van der Waals surface area contributed by atoms with E-state index in [-0.39, 0.29) is 11.4 Å². The molecule has 0 atom stereocenters. The van der Waals surface area contributed by atoms with E-state index in [1.165, 1.54) is 6.07 Å². The third-order valence-corrected chi connectivity index (χ3v) is 3.75. The van der Waals surface area contributed by atoms with Crippen molar-refractivity contribution in [1.29, 1.82) is 0 Å². The fourth-order valence-corrected chi connectivity index (χ4v) is 2.08. The number of ether oxygens (including phenoxy) is 1. The maximum absolute atomic E-state index is 13.3. The lowest BCUT2D eigenvalue weighted by molar-refractivity contribution is 0.149. The van der Waals surface area contributed by atoms with Gasteiger partial charge in [-0.25, -0.2) is 4.39 Å². The summed E-state index contributed by atoms with van der Waals surface area (Å²) in [6, 6.07) is 4.64. The Hall–Kier alpha value is -1.13. The Morgan fingerprint density at radius 1 is 1.37 bits per heavy atom. The van der Waals surface area contributed by atoms with Crippen molar-refractivity contribution in [1.82, 2.24) is 4.90 Å². The molecule has 4 heteroatoms. The molecule has 0 aromatic heterocycles. The molecule has 0 aliphatic rings. The molecule has 2 N–H and O–H groups in total. The van der Waals surface area contributed by atoms with E-state index in [9.17, 15) is 4.39 Å². The molecule has 0 aliphatic carbocycles. The van der Waals surface area contributed by atoms with Crippen molar-refractivity contribution >= 4 is 0 Å². The van der Waals surface area contributed by atoms with Gasteiger partial charge in [0.05, 0.1) is 7.11 Å². The van der Waals surface area contributed by atoms with Crippen molar-refractivity contribution in [2.45, 2.75) is 32.2 Å². The quantitative estimate of drug-likeness (QED) is 0.825. The lowest BCUT2D eigenvalue weighted by Gasteiger charge is -2.35. The highest BCUT2D eigenvalue weighted by atomic mass is 19.1. The number of halogens is 1. The minimum Gasteiger partial charge on any atom is -0.496 e. The van der Waals surface area contributed by atoms with Gasteiger partial charge in [0.15, 0.2) is 0 Å². The molecular formula is C15H25FN2O. The zero-order valence-electron chi connectivity index (χ0n) is 12.4. The summed E-state index contributed by atoms with van der Waals surface area (Å²) in [6.07, 6.45) is 1.69.